The summed E-state index contributed by atoms with van der Waals surface area (Å²) in [5.74, 6) is 0.816. The van der Waals surface area contributed by atoms with Gasteiger partial charge in [0.05, 0.1) is 30.9 Å². The van der Waals surface area contributed by atoms with Crippen molar-refractivity contribution in [3.05, 3.63) is 35.4 Å². The van der Waals surface area contributed by atoms with Gasteiger partial charge in [0.15, 0.2) is 4.77 Å². The number of H-pyrrole nitrogens is 1. The van der Waals surface area contributed by atoms with Crippen LogP contribution in [-0.2, 0) is 13.1 Å². The third kappa shape index (κ3) is 2.24. The van der Waals surface area contributed by atoms with Crippen LogP contribution >= 0.6 is 12.2 Å². The summed E-state index contributed by atoms with van der Waals surface area (Å²) in [6.07, 6.45) is 3.50. The molecule has 2 aromatic heterocycles. The second-order valence-corrected chi connectivity index (χ2v) is 4.52. The average Bonchev–Trinajstić information content (AvgIpc) is 3.03. The monoisotopic (exact) mass is 275 g/mol. The van der Waals surface area contributed by atoms with Crippen LogP contribution in [0.5, 0.6) is 5.75 Å². The highest BCUT2D eigenvalue weighted by atomic mass is 32.1. The van der Waals surface area contributed by atoms with Gasteiger partial charge in [-0.15, -0.1) is 5.10 Å². The van der Waals surface area contributed by atoms with Crippen LogP contribution in [0.4, 0.5) is 0 Å². The Morgan fingerprint density at radius 2 is 2.26 bits per heavy atom. The highest BCUT2D eigenvalue weighted by Gasteiger charge is 2.06. The molecule has 0 aliphatic carbocycles. The first-order chi connectivity index (χ1) is 9.28. The van der Waals surface area contributed by atoms with Crippen LogP contribution in [-0.4, -0.2) is 31.7 Å². The van der Waals surface area contributed by atoms with E-state index in [9.17, 15) is 0 Å². The Balaban J connectivity index is 1.97. The molecule has 0 unspecified atom stereocenters. The Morgan fingerprint density at radius 1 is 1.37 bits per heavy atom. The molecule has 0 aliphatic rings. The highest BCUT2D eigenvalue weighted by molar-refractivity contribution is 7.71. The van der Waals surface area contributed by atoms with Crippen LogP contribution < -0.4 is 4.74 Å². The number of ether oxygens (including phenoxy) is 1. The zero-order valence-corrected chi connectivity index (χ0v) is 11.2. The number of imidazole rings is 1. The second kappa shape index (κ2) is 4.85. The van der Waals surface area contributed by atoms with Gasteiger partial charge in [-0.2, -0.15) is 0 Å². The van der Waals surface area contributed by atoms with Gasteiger partial charge in [0.1, 0.15) is 5.75 Å². The molecule has 0 aliphatic heterocycles. The van der Waals surface area contributed by atoms with Crippen LogP contribution in [0.15, 0.2) is 30.6 Å². The number of nitrogens with one attached hydrogen (secondary N) is 1. The molecule has 2 heterocycles. The fraction of sp³-hybridized carbons (Fsp3) is 0.250. The maximum atomic E-state index is 5.35. The van der Waals surface area contributed by atoms with Gasteiger partial charge in [0.25, 0.3) is 0 Å². The molecule has 98 valence electrons. The van der Waals surface area contributed by atoms with Crippen LogP contribution in [0, 0.1) is 4.77 Å². The number of hydrogen-bond acceptors (Lipinski definition) is 4. The fourth-order valence-corrected chi connectivity index (χ4v) is 2.34. The van der Waals surface area contributed by atoms with Gasteiger partial charge < -0.3 is 14.3 Å². The number of hydrogen-bond donors (Lipinski definition) is 1. The van der Waals surface area contributed by atoms with E-state index in [1.807, 2.05) is 29.0 Å². The van der Waals surface area contributed by atoms with Crippen molar-refractivity contribution in [2.75, 3.05) is 7.11 Å². The normalized spacial score (nSPS) is 11.0. The summed E-state index contributed by atoms with van der Waals surface area (Å²) in [5, 5.41) is 7.73. The Labute approximate surface area is 114 Å². The molecule has 0 saturated carbocycles. The highest BCUT2D eigenvalue weighted by Crippen LogP contribution is 2.20. The molecule has 0 atom stereocenters. The molecule has 7 heteroatoms. The van der Waals surface area contributed by atoms with Crippen molar-refractivity contribution >= 4 is 23.3 Å². The summed E-state index contributed by atoms with van der Waals surface area (Å²) >= 11 is 5.35. The van der Waals surface area contributed by atoms with E-state index in [1.165, 1.54) is 0 Å². The van der Waals surface area contributed by atoms with E-state index in [-0.39, 0.29) is 0 Å². The molecule has 1 aromatic carbocycles. The van der Waals surface area contributed by atoms with Gasteiger partial charge >= 0.3 is 0 Å². The van der Waals surface area contributed by atoms with Crippen molar-refractivity contribution in [1.29, 1.82) is 0 Å². The zero-order chi connectivity index (χ0) is 13.2. The van der Waals surface area contributed by atoms with Crippen molar-refractivity contribution in [3.63, 3.8) is 0 Å². The van der Waals surface area contributed by atoms with Gasteiger partial charge in [-0.1, -0.05) is 5.21 Å². The summed E-state index contributed by atoms with van der Waals surface area (Å²) in [7, 11) is 1.65. The SMILES string of the molecule is COc1ccc2[nH]c(=S)n(CCn3ccnn3)c2c1. The largest absolute Gasteiger partial charge is 0.497 e. The third-order valence-corrected chi connectivity index (χ3v) is 3.33. The lowest BCUT2D eigenvalue weighted by atomic mass is 10.3. The first kappa shape index (κ1) is 11.9. The van der Waals surface area contributed by atoms with Crippen molar-refractivity contribution in [2.45, 2.75) is 13.1 Å². The van der Waals surface area contributed by atoms with E-state index in [2.05, 4.69) is 15.3 Å². The van der Waals surface area contributed by atoms with E-state index in [0.717, 1.165) is 29.9 Å². The zero-order valence-electron chi connectivity index (χ0n) is 10.4. The summed E-state index contributed by atoms with van der Waals surface area (Å²) < 4.78 is 9.76. The number of aromatic nitrogens is 5. The molecule has 6 nitrogen and oxygen atoms in total. The van der Waals surface area contributed by atoms with Crippen molar-refractivity contribution in [1.82, 2.24) is 24.5 Å². The Hall–Kier alpha value is -2.15. The lowest BCUT2D eigenvalue weighted by Crippen LogP contribution is -2.08. The Kier molecular flexibility index (Phi) is 3.04. The number of methoxy groups -OCH3 is 1. The number of aromatic amines is 1. The predicted molar refractivity (Wildman–Crippen MR) is 73.7 cm³/mol. The van der Waals surface area contributed by atoms with Crippen molar-refractivity contribution in [3.8, 4) is 5.75 Å². The summed E-state index contributed by atoms with van der Waals surface area (Å²) in [6.45, 7) is 1.45. The third-order valence-electron chi connectivity index (χ3n) is 3.01. The Morgan fingerprint density at radius 3 is 3.00 bits per heavy atom. The fourth-order valence-electron chi connectivity index (χ4n) is 2.04. The molecule has 0 amide bonds. The van der Waals surface area contributed by atoms with E-state index in [1.54, 1.807) is 18.0 Å². The lowest BCUT2D eigenvalue weighted by Gasteiger charge is -2.05. The number of fused-ring (bicyclic) bond motifs is 1. The number of aryl methyl sites for hydroxylation is 2. The smallest absolute Gasteiger partial charge is 0.178 e. The molecule has 3 rings (SSSR count). The molecule has 0 radical (unpaired) electrons. The molecule has 1 N–H and O–H groups in total. The molecule has 19 heavy (non-hydrogen) atoms. The van der Waals surface area contributed by atoms with Crippen molar-refractivity contribution in [2.24, 2.45) is 0 Å². The van der Waals surface area contributed by atoms with Gasteiger partial charge in [-0.05, 0) is 24.4 Å². The van der Waals surface area contributed by atoms with Crippen molar-refractivity contribution < 1.29 is 4.74 Å². The minimum absolute atomic E-state index is 0.698. The van der Waals surface area contributed by atoms with Crippen LogP contribution in [0.2, 0.25) is 0 Å². The molecule has 0 fully saturated rings. The van der Waals surface area contributed by atoms with Gasteiger partial charge in [0.2, 0.25) is 0 Å². The van der Waals surface area contributed by atoms with Crippen LogP contribution in [0.3, 0.4) is 0 Å². The van der Waals surface area contributed by atoms with Crippen LogP contribution in [0.25, 0.3) is 11.0 Å². The topological polar surface area (TPSA) is 60.7 Å². The maximum absolute atomic E-state index is 5.35. The maximum Gasteiger partial charge on any atom is 0.178 e. The first-order valence-corrected chi connectivity index (χ1v) is 6.29. The summed E-state index contributed by atoms with van der Waals surface area (Å²) in [4.78, 5) is 3.19. The quantitative estimate of drug-likeness (QED) is 0.740. The molecular weight excluding hydrogens is 262 g/mol. The molecular formula is C12H13N5OS. The number of rotatable bonds is 4. The lowest BCUT2D eigenvalue weighted by molar-refractivity contribution is 0.415. The predicted octanol–water partition coefficient (Wildman–Crippen LogP) is 2.00. The minimum Gasteiger partial charge on any atom is -0.497 e. The van der Waals surface area contributed by atoms with E-state index < -0.39 is 0 Å². The molecule has 0 saturated heterocycles. The standard InChI is InChI=1S/C12H13N5OS/c1-18-9-2-3-10-11(8-9)17(12(19)14-10)7-6-16-5-4-13-15-16/h2-5,8H,6-7H2,1H3,(H,14,19). The van der Waals surface area contributed by atoms with Crippen LogP contribution in [0.1, 0.15) is 0 Å². The number of benzene rings is 1. The molecule has 0 spiro atoms. The minimum atomic E-state index is 0.698. The van der Waals surface area contributed by atoms with Gasteiger partial charge in [0, 0.05) is 18.8 Å². The number of nitrogens with zero attached hydrogens (tertiary/aromatic N) is 4. The summed E-state index contributed by atoms with van der Waals surface area (Å²) in [6, 6.07) is 5.86. The average molecular weight is 275 g/mol. The van der Waals surface area contributed by atoms with Gasteiger partial charge in [-0.3, -0.25) is 4.68 Å². The molecule has 3 aromatic rings. The Bertz CT molecular complexity index is 743. The summed E-state index contributed by atoms with van der Waals surface area (Å²) in [5.41, 5.74) is 2.04. The van der Waals surface area contributed by atoms with E-state index in [4.69, 9.17) is 17.0 Å². The van der Waals surface area contributed by atoms with E-state index >= 15 is 0 Å². The molecule has 0 bridgehead atoms. The van der Waals surface area contributed by atoms with E-state index in [0.29, 0.717) is 4.77 Å². The second-order valence-electron chi connectivity index (χ2n) is 4.13. The van der Waals surface area contributed by atoms with Gasteiger partial charge in [-0.25, -0.2) is 0 Å². The first-order valence-electron chi connectivity index (χ1n) is 5.88.